The highest BCUT2D eigenvalue weighted by molar-refractivity contribution is 7.25. The normalized spacial score (nSPS) is 12.8. The summed E-state index contributed by atoms with van der Waals surface area (Å²) < 4.78 is 2.73. The smallest absolute Gasteiger partial charge is 0.0355 e. The van der Waals surface area contributed by atoms with Crippen LogP contribution in [0.25, 0.3) is 25.7 Å². The summed E-state index contributed by atoms with van der Waals surface area (Å²) in [7, 11) is 0. The van der Waals surface area contributed by atoms with Gasteiger partial charge >= 0.3 is 0 Å². The molecule has 0 amide bonds. The summed E-state index contributed by atoms with van der Waals surface area (Å²) in [6, 6.07) is 15.4. The van der Waals surface area contributed by atoms with Gasteiger partial charge in [-0.05, 0) is 43.2 Å². The zero-order valence-corrected chi connectivity index (χ0v) is 12.0. The average molecular weight is 264 g/mol. The Balaban J connectivity index is 2.27. The quantitative estimate of drug-likeness (QED) is 0.495. The highest BCUT2D eigenvalue weighted by Gasteiger charge is 2.06. The van der Waals surface area contributed by atoms with Gasteiger partial charge in [-0.15, -0.1) is 11.3 Å². The molecule has 1 heterocycles. The van der Waals surface area contributed by atoms with E-state index in [1.807, 2.05) is 11.3 Å². The topological polar surface area (TPSA) is 0 Å². The molecule has 0 radical (unpaired) electrons. The van der Waals surface area contributed by atoms with Gasteiger partial charge in [0.2, 0.25) is 0 Å². The van der Waals surface area contributed by atoms with Crippen molar-refractivity contribution in [2.75, 3.05) is 0 Å². The molecule has 0 atom stereocenters. The van der Waals surface area contributed by atoms with E-state index in [4.69, 9.17) is 0 Å². The van der Waals surface area contributed by atoms with Gasteiger partial charge in [-0.3, -0.25) is 0 Å². The number of thiophene rings is 1. The maximum Gasteiger partial charge on any atom is 0.0355 e. The minimum Gasteiger partial charge on any atom is -0.135 e. The molecular weight excluding hydrogens is 248 g/mol. The van der Waals surface area contributed by atoms with E-state index in [0.717, 1.165) is 0 Å². The van der Waals surface area contributed by atoms with Crippen LogP contribution in [0.1, 0.15) is 19.4 Å². The van der Waals surface area contributed by atoms with E-state index in [2.05, 4.69) is 74.5 Å². The number of rotatable bonds is 2. The van der Waals surface area contributed by atoms with E-state index in [1.165, 1.54) is 31.3 Å². The second-order valence-corrected chi connectivity index (χ2v) is 5.64. The predicted molar refractivity (Wildman–Crippen MR) is 87.8 cm³/mol. The maximum atomic E-state index is 2.31. The first-order chi connectivity index (χ1) is 9.33. The molecule has 2 aromatic carbocycles. The largest absolute Gasteiger partial charge is 0.135 e. The molecule has 0 saturated carbocycles. The summed E-state index contributed by atoms with van der Waals surface area (Å²) in [6.45, 7) is 4.15. The Morgan fingerprint density at radius 3 is 2.53 bits per heavy atom. The molecule has 19 heavy (non-hydrogen) atoms. The van der Waals surface area contributed by atoms with Crippen molar-refractivity contribution < 1.29 is 0 Å². The number of hydrogen-bond acceptors (Lipinski definition) is 1. The molecular formula is C18H16S. The fourth-order valence-corrected chi connectivity index (χ4v) is 3.53. The van der Waals surface area contributed by atoms with Gasteiger partial charge in [0.05, 0.1) is 0 Å². The molecule has 0 aliphatic rings. The molecule has 0 aliphatic heterocycles. The van der Waals surface area contributed by atoms with Crippen molar-refractivity contribution in [2.24, 2.45) is 0 Å². The van der Waals surface area contributed by atoms with Gasteiger partial charge in [-0.2, -0.15) is 0 Å². The van der Waals surface area contributed by atoms with Gasteiger partial charge in [0, 0.05) is 20.2 Å². The third-order valence-corrected chi connectivity index (χ3v) is 4.52. The Morgan fingerprint density at radius 2 is 1.74 bits per heavy atom. The third-order valence-electron chi connectivity index (χ3n) is 3.37. The number of benzene rings is 2. The SMILES string of the molecule is C/C=C/C(=C\C)c1ccc2sc3ccccc3c2c1. The van der Waals surface area contributed by atoms with Crippen LogP contribution in [-0.2, 0) is 0 Å². The Bertz CT molecular complexity index is 788. The molecule has 1 aromatic heterocycles. The predicted octanol–water partition coefficient (Wildman–Crippen LogP) is 6.03. The first-order valence-electron chi connectivity index (χ1n) is 6.54. The van der Waals surface area contributed by atoms with E-state index in [0.29, 0.717) is 0 Å². The fraction of sp³-hybridized carbons (Fsp3) is 0.111. The van der Waals surface area contributed by atoms with Gasteiger partial charge in [0.25, 0.3) is 0 Å². The van der Waals surface area contributed by atoms with Crippen LogP contribution < -0.4 is 0 Å². The van der Waals surface area contributed by atoms with Gasteiger partial charge < -0.3 is 0 Å². The van der Waals surface area contributed by atoms with Gasteiger partial charge in [0.15, 0.2) is 0 Å². The van der Waals surface area contributed by atoms with Crippen molar-refractivity contribution in [1.29, 1.82) is 0 Å². The monoisotopic (exact) mass is 264 g/mol. The summed E-state index contributed by atoms with van der Waals surface area (Å²) in [5.41, 5.74) is 2.57. The van der Waals surface area contributed by atoms with Crippen molar-refractivity contribution in [3.8, 4) is 0 Å². The van der Waals surface area contributed by atoms with Crippen molar-refractivity contribution in [3.05, 3.63) is 66.3 Å². The van der Waals surface area contributed by atoms with Crippen molar-refractivity contribution >= 4 is 37.1 Å². The summed E-state index contributed by atoms with van der Waals surface area (Å²) in [4.78, 5) is 0. The highest BCUT2D eigenvalue weighted by Crippen LogP contribution is 2.35. The fourth-order valence-electron chi connectivity index (χ4n) is 2.44. The van der Waals surface area contributed by atoms with Crippen LogP contribution in [0.3, 0.4) is 0 Å². The highest BCUT2D eigenvalue weighted by atomic mass is 32.1. The van der Waals surface area contributed by atoms with Crippen LogP contribution in [-0.4, -0.2) is 0 Å². The van der Waals surface area contributed by atoms with Crippen LogP contribution in [0.15, 0.2) is 60.7 Å². The lowest BCUT2D eigenvalue weighted by Crippen LogP contribution is -1.79. The van der Waals surface area contributed by atoms with Crippen LogP contribution in [0.2, 0.25) is 0 Å². The van der Waals surface area contributed by atoms with Crippen LogP contribution in [0, 0.1) is 0 Å². The van der Waals surface area contributed by atoms with Gasteiger partial charge in [0.1, 0.15) is 0 Å². The second kappa shape index (κ2) is 5.02. The molecule has 0 bridgehead atoms. The van der Waals surface area contributed by atoms with E-state index in [9.17, 15) is 0 Å². The lowest BCUT2D eigenvalue weighted by atomic mass is 10.0. The molecule has 1 heteroatoms. The average Bonchev–Trinajstić information content (AvgIpc) is 2.82. The lowest BCUT2D eigenvalue weighted by molar-refractivity contribution is 1.63. The van der Waals surface area contributed by atoms with Gasteiger partial charge in [-0.1, -0.05) is 42.5 Å². The number of fused-ring (bicyclic) bond motifs is 3. The first-order valence-corrected chi connectivity index (χ1v) is 7.36. The molecule has 0 unspecified atom stereocenters. The van der Waals surface area contributed by atoms with E-state index in [1.54, 1.807) is 0 Å². The van der Waals surface area contributed by atoms with E-state index < -0.39 is 0 Å². The molecule has 94 valence electrons. The van der Waals surface area contributed by atoms with Crippen molar-refractivity contribution in [2.45, 2.75) is 13.8 Å². The molecule has 3 aromatic rings. The van der Waals surface area contributed by atoms with E-state index >= 15 is 0 Å². The molecule has 0 saturated heterocycles. The summed E-state index contributed by atoms with van der Waals surface area (Å²) in [6.07, 6.45) is 6.41. The van der Waals surface area contributed by atoms with Gasteiger partial charge in [-0.25, -0.2) is 0 Å². The molecule has 0 spiro atoms. The standard InChI is InChI=1S/C18H16S/c1-3-7-13(4-2)14-10-11-18-16(12-14)15-8-5-6-9-17(15)19-18/h3-12H,1-2H3/b7-3+,13-4+. The van der Waals surface area contributed by atoms with Crippen molar-refractivity contribution in [1.82, 2.24) is 0 Å². The first kappa shape index (κ1) is 12.2. The molecule has 0 N–H and O–H groups in total. The lowest BCUT2D eigenvalue weighted by Gasteiger charge is -2.02. The Kier molecular flexibility index (Phi) is 3.22. The van der Waals surface area contributed by atoms with E-state index in [-0.39, 0.29) is 0 Å². The minimum absolute atomic E-state index is 1.28. The maximum absolute atomic E-state index is 2.31. The molecule has 0 fully saturated rings. The molecule has 0 nitrogen and oxygen atoms in total. The zero-order valence-electron chi connectivity index (χ0n) is 11.2. The Morgan fingerprint density at radius 1 is 0.947 bits per heavy atom. The number of allylic oxidation sites excluding steroid dienone is 4. The van der Waals surface area contributed by atoms with Crippen LogP contribution >= 0.6 is 11.3 Å². The zero-order chi connectivity index (χ0) is 13.2. The third kappa shape index (κ3) is 2.11. The minimum atomic E-state index is 1.28. The van der Waals surface area contributed by atoms with Crippen LogP contribution in [0.4, 0.5) is 0 Å². The van der Waals surface area contributed by atoms with Crippen molar-refractivity contribution in [3.63, 3.8) is 0 Å². The second-order valence-electron chi connectivity index (χ2n) is 4.55. The van der Waals surface area contributed by atoms with Crippen LogP contribution in [0.5, 0.6) is 0 Å². The Labute approximate surface area is 117 Å². The summed E-state index contributed by atoms with van der Waals surface area (Å²) >= 11 is 1.87. The Hall–Kier alpha value is -1.86. The molecule has 3 rings (SSSR count). The summed E-state index contributed by atoms with van der Waals surface area (Å²) in [5.74, 6) is 0. The summed E-state index contributed by atoms with van der Waals surface area (Å²) in [5, 5.41) is 2.72. The molecule has 0 aliphatic carbocycles. The number of hydrogen-bond donors (Lipinski definition) is 0.